The Labute approximate surface area is 105 Å². The summed E-state index contributed by atoms with van der Waals surface area (Å²) in [4.78, 5) is 10.7. The first-order valence-corrected chi connectivity index (χ1v) is 6.13. The Kier molecular flexibility index (Phi) is 5.43. The van der Waals surface area contributed by atoms with Crippen molar-refractivity contribution in [3.05, 3.63) is 34.9 Å². The minimum absolute atomic E-state index is 0.116. The van der Waals surface area contributed by atoms with Crippen LogP contribution in [0.2, 0.25) is 5.02 Å². The van der Waals surface area contributed by atoms with E-state index >= 15 is 0 Å². The molecule has 0 spiro atoms. The largest absolute Gasteiger partial charge is 0.497 e. The van der Waals surface area contributed by atoms with Gasteiger partial charge in [0.25, 0.3) is 0 Å². The summed E-state index contributed by atoms with van der Waals surface area (Å²) >= 11 is 7.32. The fourth-order valence-electron chi connectivity index (χ4n) is 1.11. The first-order valence-electron chi connectivity index (χ1n) is 4.77. The van der Waals surface area contributed by atoms with E-state index in [1.807, 2.05) is 24.3 Å². The first kappa shape index (κ1) is 13.1. The Morgan fingerprint density at radius 1 is 1.56 bits per heavy atom. The number of halogens is 1. The van der Waals surface area contributed by atoms with Gasteiger partial charge in [-0.3, -0.25) is 4.79 Å². The Morgan fingerprint density at radius 3 is 2.88 bits per heavy atom. The van der Waals surface area contributed by atoms with Gasteiger partial charge in [0.1, 0.15) is 5.75 Å². The highest BCUT2D eigenvalue weighted by atomic mass is 35.5. The van der Waals surface area contributed by atoms with Crippen LogP contribution in [0.5, 0.6) is 5.75 Å². The zero-order valence-corrected chi connectivity index (χ0v) is 10.8. The molecule has 86 valence electrons. The second-order valence-corrected chi connectivity index (χ2v) is 4.70. The predicted octanol–water partition coefficient (Wildman–Crippen LogP) is 3.64. The summed E-state index contributed by atoms with van der Waals surface area (Å²) in [5, 5.41) is 0.758. The quantitative estimate of drug-likeness (QED) is 0.823. The van der Waals surface area contributed by atoms with Gasteiger partial charge in [-0.05, 0) is 23.8 Å². The molecule has 16 heavy (non-hydrogen) atoms. The standard InChI is InChI=1S/C12H13ClO2S/c1-9(14)16-7-3-4-10-5-6-11(15-2)8-12(10)13/h3-6,8H,7H2,1-2H3. The van der Waals surface area contributed by atoms with Gasteiger partial charge in [0, 0.05) is 12.7 Å². The van der Waals surface area contributed by atoms with E-state index in [4.69, 9.17) is 16.3 Å². The third-order valence-corrected chi connectivity index (χ3v) is 2.98. The van der Waals surface area contributed by atoms with Crippen LogP contribution in [0.3, 0.4) is 0 Å². The average Bonchev–Trinajstić information content (AvgIpc) is 2.25. The summed E-state index contributed by atoms with van der Waals surface area (Å²) in [6.45, 7) is 1.55. The molecule has 0 saturated carbocycles. The lowest BCUT2D eigenvalue weighted by Crippen LogP contribution is -1.84. The zero-order chi connectivity index (χ0) is 12.0. The van der Waals surface area contributed by atoms with E-state index in [2.05, 4.69) is 0 Å². The SMILES string of the molecule is COc1ccc(C=CCSC(C)=O)c(Cl)c1. The second kappa shape index (κ2) is 6.61. The Morgan fingerprint density at radius 2 is 2.31 bits per heavy atom. The molecule has 0 saturated heterocycles. The van der Waals surface area contributed by atoms with Gasteiger partial charge in [0.2, 0.25) is 0 Å². The third kappa shape index (κ3) is 4.29. The maximum atomic E-state index is 10.7. The molecule has 0 aromatic heterocycles. The number of carbonyl (C=O) groups excluding carboxylic acids is 1. The van der Waals surface area contributed by atoms with Gasteiger partial charge in [-0.15, -0.1) is 0 Å². The van der Waals surface area contributed by atoms with Crippen LogP contribution in [0.25, 0.3) is 6.08 Å². The van der Waals surface area contributed by atoms with Crippen LogP contribution in [0, 0.1) is 0 Å². The van der Waals surface area contributed by atoms with Gasteiger partial charge in [-0.25, -0.2) is 0 Å². The summed E-state index contributed by atoms with van der Waals surface area (Å²) in [7, 11) is 1.60. The van der Waals surface area contributed by atoms with Crippen molar-refractivity contribution in [2.24, 2.45) is 0 Å². The molecular weight excluding hydrogens is 244 g/mol. The number of carbonyl (C=O) groups is 1. The molecule has 1 rings (SSSR count). The fraction of sp³-hybridized carbons (Fsp3) is 0.250. The highest BCUT2D eigenvalue weighted by Crippen LogP contribution is 2.23. The number of benzene rings is 1. The molecule has 0 aliphatic carbocycles. The van der Waals surface area contributed by atoms with Crippen LogP contribution in [-0.4, -0.2) is 18.0 Å². The van der Waals surface area contributed by atoms with Gasteiger partial charge in [-0.2, -0.15) is 0 Å². The van der Waals surface area contributed by atoms with Crippen molar-refractivity contribution in [1.82, 2.24) is 0 Å². The summed E-state index contributed by atoms with van der Waals surface area (Å²) < 4.78 is 5.05. The zero-order valence-electron chi connectivity index (χ0n) is 9.20. The lowest BCUT2D eigenvalue weighted by atomic mass is 10.2. The van der Waals surface area contributed by atoms with Gasteiger partial charge < -0.3 is 4.74 Å². The summed E-state index contributed by atoms with van der Waals surface area (Å²) in [5.74, 6) is 1.40. The van der Waals surface area contributed by atoms with E-state index in [0.717, 1.165) is 11.3 Å². The molecule has 0 fully saturated rings. The molecule has 0 unspecified atom stereocenters. The van der Waals surface area contributed by atoms with Gasteiger partial charge in [0.15, 0.2) is 5.12 Å². The lowest BCUT2D eigenvalue weighted by Gasteiger charge is -2.02. The van der Waals surface area contributed by atoms with Gasteiger partial charge in [0.05, 0.1) is 12.1 Å². The van der Waals surface area contributed by atoms with Gasteiger partial charge >= 0.3 is 0 Å². The molecule has 0 atom stereocenters. The van der Waals surface area contributed by atoms with E-state index in [1.54, 1.807) is 20.1 Å². The van der Waals surface area contributed by atoms with Crippen LogP contribution >= 0.6 is 23.4 Å². The smallest absolute Gasteiger partial charge is 0.186 e. The maximum Gasteiger partial charge on any atom is 0.186 e. The number of rotatable bonds is 4. The minimum atomic E-state index is 0.116. The van der Waals surface area contributed by atoms with Crippen molar-refractivity contribution in [2.75, 3.05) is 12.9 Å². The minimum Gasteiger partial charge on any atom is -0.497 e. The molecule has 4 heteroatoms. The summed E-state index contributed by atoms with van der Waals surface area (Å²) in [5.41, 5.74) is 0.923. The summed E-state index contributed by atoms with van der Waals surface area (Å²) in [6.07, 6.45) is 3.82. The number of ether oxygens (including phenoxy) is 1. The average molecular weight is 257 g/mol. The molecule has 1 aromatic carbocycles. The number of methoxy groups -OCH3 is 1. The van der Waals surface area contributed by atoms with Crippen LogP contribution in [0.4, 0.5) is 0 Å². The highest BCUT2D eigenvalue weighted by molar-refractivity contribution is 8.13. The van der Waals surface area contributed by atoms with Crippen LogP contribution < -0.4 is 4.74 Å². The highest BCUT2D eigenvalue weighted by Gasteiger charge is 1.98. The molecule has 0 amide bonds. The Hall–Kier alpha value is -0.930. The molecule has 1 aromatic rings. The first-order chi connectivity index (χ1) is 7.63. The van der Waals surface area contributed by atoms with E-state index in [0.29, 0.717) is 10.8 Å². The molecule has 0 radical (unpaired) electrons. The van der Waals surface area contributed by atoms with Crippen molar-refractivity contribution in [1.29, 1.82) is 0 Å². The summed E-state index contributed by atoms with van der Waals surface area (Å²) in [6, 6.07) is 5.50. The van der Waals surface area contributed by atoms with E-state index < -0.39 is 0 Å². The molecule has 2 nitrogen and oxygen atoms in total. The normalized spacial score (nSPS) is 10.7. The molecule has 0 bridgehead atoms. The lowest BCUT2D eigenvalue weighted by molar-refractivity contribution is -0.109. The topological polar surface area (TPSA) is 26.3 Å². The molecule has 0 heterocycles. The van der Waals surface area contributed by atoms with E-state index in [9.17, 15) is 4.79 Å². The second-order valence-electron chi connectivity index (χ2n) is 3.09. The van der Waals surface area contributed by atoms with Crippen molar-refractivity contribution in [3.8, 4) is 5.75 Å². The van der Waals surface area contributed by atoms with E-state index in [-0.39, 0.29) is 5.12 Å². The molecule has 0 aliphatic rings. The van der Waals surface area contributed by atoms with Crippen LogP contribution in [0.1, 0.15) is 12.5 Å². The van der Waals surface area contributed by atoms with E-state index in [1.165, 1.54) is 11.8 Å². The molecule has 0 aliphatic heterocycles. The monoisotopic (exact) mass is 256 g/mol. The van der Waals surface area contributed by atoms with Crippen LogP contribution in [0.15, 0.2) is 24.3 Å². The fourth-order valence-corrected chi connectivity index (χ4v) is 1.77. The van der Waals surface area contributed by atoms with Gasteiger partial charge in [-0.1, -0.05) is 35.5 Å². The number of hydrogen-bond donors (Lipinski definition) is 0. The molecular formula is C12H13ClO2S. The number of hydrogen-bond acceptors (Lipinski definition) is 3. The molecule has 0 N–H and O–H groups in total. The predicted molar refractivity (Wildman–Crippen MR) is 70.2 cm³/mol. The van der Waals surface area contributed by atoms with Crippen molar-refractivity contribution >= 4 is 34.6 Å². The Bertz CT molecular complexity index is 402. The maximum absolute atomic E-state index is 10.7. The third-order valence-electron chi connectivity index (χ3n) is 1.89. The van der Waals surface area contributed by atoms with Crippen LogP contribution in [-0.2, 0) is 4.79 Å². The number of thioether (sulfide) groups is 1. The Balaban J connectivity index is 2.63. The van der Waals surface area contributed by atoms with Crippen molar-refractivity contribution in [2.45, 2.75) is 6.92 Å². The van der Waals surface area contributed by atoms with Crippen molar-refractivity contribution < 1.29 is 9.53 Å². The van der Waals surface area contributed by atoms with Crippen molar-refractivity contribution in [3.63, 3.8) is 0 Å².